The molecule has 3 aromatic rings. The largest absolute Gasteiger partial charge is 0.368 e. The van der Waals surface area contributed by atoms with Crippen LogP contribution in [-0.2, 0) is 11.2 Å². The summed E-state index contributed by atoms with van der Waals surface area (Å²) in [5.74, 6) is 0.516. The maximum absolute atomic E-state index is 12.3. The Balaban J connectivity index is 1.49. The summed E-state index contributed by atoms with van der Waals surface area (Å²) < 4.78 is 0. The van der Waals surface area contributed by atoms with Crippen molar-refractivity contribution in [2.45, 2.75) is 33.1 Å². The Morgan fingerprint density at radius 2 is 2.06 bits per heavy atom. The molecule has 162 valence electrons. The van der Waals surface area contributed by atoms with Crippen molar-refractivity contribution in [1.82, 2.24) is 25.4 Å². The van der Waals surface area contributed by atoms with Gasteiger partial charge in [-0.3, -0.25) is 9.59 Å². The number of nitrogens with zero attached hydrogens (tertiary/aromatic N) is 5. The molecule has 12 heteroatoms. The summed E-state index contributed by atoms with van der Waals surface area (Å²) >= 11 is 7.67. The molecular weight excluding hydrogens is 440 g/mol. The normalized spacial score (nSPS) is 14.1. The molecule has 4 heterocycles. The van der Waals surface area contributed by atoms with Gasteiger partial charge in [-0.2, -0.15) is 10.1 Å². The molecule has 10 nitrogen and oxygen atoms in total. The second-order valence-electron chi connectivity index (χ2n) is 7.25. The Labute approximate surface area is 186 Å². The van der Waals surface area contributed by atoms with Crippen molar-refractivity contribution in [3.8, 4) is 0 Å². The Kier molecular flexibility index (Phi) is 5.88. The van der Waals surface area contributed by atoms with E-state index in [4.69, 9.17) is 17.3 Å². The third-order valence-electron chi connectivity index (χ3n) is 5.10. The number of thiophene rings is 1. The molecule has 0 aliphatic carbocycles. The smallest absolute Gasteiger partial charge is 0.259 e. The number of nitrogens with one attached hydrogen (secondary N) is 2. The summed E-state index contributed by atoms with van der Waals surface area (Å²) in [4.78, 5) is 43.7. The molecule has 1 aliphatic rings. The van der Waals surface area contributed by atoms with Gasteiger partial charge in [0.1, 0.15) is 21.6 Å². The van der Waals surface area contributed by atoms with Crippen molar-refractivity contribution < 1.29 is 4.79 Å². The van der Waals surface area contributed by atoms with Gasteiger partial charge in [0.2, 0.25) is 11.9 Å². The zero-order valence-electron chi connectivity index (χ0n) is 17.0. The van der Waals surface area contributed by atoms with Crippen LogP contribution in [0.2, 0.25) is 5.15 Å². The van der Waals surface area contributed by atoms with Gasteiger partial charge >= 0.3 is 0 Å². The van der Waals surface area contributed by atoms with E-state index in [-0.39, 0.29) is 28.9 Å². The molecule has 0 saturated carbocycles. The fraction of sp³-hybridized carbons (Fsp3) is 0.368. The molecule has 0 aromatic carbocycles. The van der Waals surface area contributed by atoms with E-state index in [0.717, 1.165) is 36.4 Å². The van der Waals surface area contributed by atoms with Crippen molar-refractivity contribution in [1.29, 1.82) is 0 Å². The lowest BCUT2D eigenvalue weighted by molar-refractivity contribution is -0.120. The molecule has 0 bridgehead atoms. The summed E-state index contributed by atoms with van der Waals surface area (Å²) in [7, 11) is 0. The van der Waals surface area contributed by atoms with Crippen LogP contribution < -0.4 is 21.6 Å². The van der Waals surface area contributed by atoms with E-state index in [9.17, 15) is 9.59 Å². The van der Waals surface area contributed by atoms with Gasteiger partial charge in [0, 0.05) is 18.0 Å². The van der Waals surface area contributed by atoms with Gasteiger partial charge in [0.05, 0.1) is 23.6 Å². The first kappa shape index (κ1) is 21.2. The zero-order chi connectivity index (χ0) is 22.1. The number of hydrogen-bond acceptors (Lipinski definition) is 9. The minimum absolute atomic E-state index is 0.0811. The molecule has 1 aliphatic heterocycles. The lowest BCUT2D eigenvalue weighted by Crippen LogP contribution is -2.24. The third kappa shape index (κ3) is 4.37. The number of H-pyrrole nitrogens is 1. The summed E-state index contributed by atoms with van der Waals surface area (Å²) in [6.07, 6.45) is 3.38. The second-order valence-corrected chi connectivity index (χ2v) is 8.81. The van der Waals surface area contributed by atoms with Crippen molar-refractivity contribution in [2.24, 2.45) is 5.10 Å². The minimum atomic E-state index is -0.432. The highest BCUT2D eigenvalue weighted by atomic mass is 35.5. The van der Waals surface area contributed by atoms with Crippen LogP contribution in [0.4, 0.5) is 11.8 Å². The van der Waals surface area contributed by atoms with Crippen LogP contribution in [0.3, 0.4) is 0 Å². The average Bonchev–Trinajstić information content (AvgIpc) is 3.32. The first-order valence-corrected chi connectivity index (χ1v) is 10.9. The molecule has 1 fully saturated rings. The number of nitrogen functional groups attached to an aromatic ring is 1. The number of nitrogens with two attached hydrogens (primary N) is 1. The molecule has 4 rings (SSSR count). The maximum atomic E-state index is 12.3. The molecule has 0 atom stereocenters. The fourth-order valence-electron chi connectivity index (χ4n) is 3.47. The molecule has 1 saturated heterocycles. The molecule has 0 radical (unpaired) electrons. The number of anilines is 2. The number of carbonyl (C=O) groups excluding carboxylic acids is 1. The predicted molar refractivity (Wildman–Crippen MR) is 122 cm³/mol. The van der Waals surface area contributed by atoms with E-state index >= 15 is 0 Å². The minimum Gasteiger partial charge on any atom is -0.368 e. The molecule has 3 aromatic heterocycles. The van der Waals surface area contributed by atoms with E-state index < -0.39 is 5.91 Å². The molecule has 1 amide bonds. The number of halogens is 1. The monoisotopic (exact) mass is 460 g/mol. The van der Waals surface area contributed by atoms with Crippen LogP contribution >= 0.6 is 22.9 Å². The number of carbonyl (C=O) groups is 1. The number of aryl methyl sites for hydroxylation is 2. The molecule has 4 N–H and O–H groups in total. The zero-order valence-corrected chi connectivity index (χ0v) is 18.6. The number of aromatic nitrogens is 4. The van der Waals surface area contributed by atoms with E-state index in [0.29, 0.717) is 21.6 Å². The SMILES string of the molecule is Cc1sc2nc(CC(=O)N/N=C/c3c(Cl)nc(N)nc3N3CCCC3)[nH]c(=O)c2c1C. The third-order valence-corrected chi connectivity index (χ3v) is 6.49. The topological polar surface area (TPSA) is 142 Å². The lowest BCUT2D eigenvalue weighted by atomic mass is 10.2. The Hall–Kier alpha value is -3.05. The molecular formula is C19H21ClN8O2S. The van der Waals surface area contributed by atoms with Crippen molar-refractivity contribution in [3.63, 3.8) is 0 Å². The van der Waals surface area contributed by atoms with Gasteiger partial charge in [0.15, 0.2) is 0 Å². The first-order valence-electron chi connectivity index (χ1n) is 9.72. The van der Waals surface area contributed by atoms with Gasteiger partial charge < -0.3 is 15.6 Å². The van der Waals surface area contributed by atoms with Gasteiger partial charge in [-0.1, -0.05) is 11.6 Å². The Bertz CT molecular complexity index is 1250. The van der Waals surface area contributed by atoms with Gasteiger partial charge in [-0.05, 0) is 32.3 Å². The standard InChI is InChI=1S/C19H21ClN8O2S/c1-9-10(2)31-18-14(9)17(30)23-12(24-18)7-13(29)27-22-8-11-15(20)25-19(21)26-16(11)28-5-3-4-6-28/h8H,3-7H2,1-2H3,(H,27,29)(H2,21,25,26)(H,23,24,30)/b22-8+. The highest BCUT2D eigenvalue weighted by Crippen LogP contribution is 2.27. The molecule has 31 heavy (non-hydrogen) atoms. The summed E-state index contributed by atoms with van der Waals surface area (Å²) in [5, 5.41) is 4.72. The van der Waals surface area contributed by atoms with Gasteiger partial charge in [-0.25, -0.2) is 15.4 Å². The van der Waals surface area contributed by atoms with E-state index in [2.05, 4.69) is 35.4 Å². The number of hydrogen-bond donors (Lipinski definition) is 3. The number of fused-ring (bicyclic) bond motifs is 1. The fourth-order valence-corrected chi connectivity index (χ4v) is 4.74. The maximum Gasteiger partial charge on any atom is 0.259 e. The molecule has 0 unspecified atom stereocenters. The van der Waals surface area contributed by atoms with E-state index in [1.165, 1.54) is 17.6 Å². The average molecular weight is 461 g/mol. The first-order chi connectivity index (χ1) is 14.8. The molecule has 0 spiro atoms. The van der Waals surface area contributed by atoms with E-state index in [1.807, 2.05) is 13.8 Å². The lowest BCUT2D eigenvalue weighted by Gasteiger charge is -2.19. The van der Waals surface area contributed by atoms with Crippen LogP contribution in [0.25, 0.3) is 10.2 Å². The van der Waals surface area contributed by atoms with E-state index in [1.54, 1.807) is 0 Å². The van der Waals surface area contributed by atoms with Crippen molar-refractivity contribution >= 4 is 57.0 Å². The predicted octanol–water partition coefficient (Wildman–Crippen LogP) is 1.92. The van der Waals surface area contributed by atoms with Crippen LogP contribution in [-0.4, -0.2) is 45.1 Å². The van der Waals surface area contributed by atoms with Gasteiger partial charge in [0.25, 0.3) is 5.56 Å². The van der Waals surface area contributed by atoms with Crippen molar-refractivity contribution in [2.75, 3.05) is 23.7 Å². The van der Waals surface area contributed by atoms with Gasteiger partial charge in [-0.15, -0.1) is 11.3 Å². The van der Waals surface area contributed by atoms with Crippen LogP contribution in [0, 0.1) is 13.8 Å². The Morgan fingerprint density at radius 3 is 2.81 bits per heavy atom. The summed E-state index contributed by atoms with van der Waals surface area (Å²) in [5.41, 5.74) is 9.31. The summed E-state index contributed by atoms with van der Waals surface area (Å²) in [6.45, 7) is 5.49. The van der Waals surface area contributed by atoms with Crippen LogP contribution in [0.5, 0.6) is 0 Å². The quantitative estimate of drug-likeness (QED) is 0.300. The number of amides is 1. The highest BCUT2D eigenvalue weighted by molar-refractivity contribution is 7.18. The van der Waals surface area contributed by atoms with Crippen LogP contribution in [0.1, 0.15) is 34.7 Å². The van der Waals surface area contributed by atoms with Crippen molar-refractivity contribution in [3.05, 3.63) is 37.3 Å². The Morgan fingerprint density at radius 1 is 1.32 bits per heavy atom. The van der Waals surface area contributed by atoms with Crippen LogP contribution in [0.15, 0.2) is 9.90 Å². The highest BCUT2D eigenvalue weighted by Gasteiger charge is 2.20. The number of aromatic amines is 1. The second kappa shape index (κ2) is 8.60. The number of hydrazone groups is 1. The summed E-state index contributed by atoms with van der Waals surface area (Å²) in [6, 6.07) is 0. The number of rotatable bonds is 5.